The molecule has 1 aromatic carbocycles. The van der Waals surface area contributed by atoms with Crippen molar-refractivity contribution in [1.82, 2.24) is 19.4 Å². The Balaban J connectivity index is 1.38. The van der Waals surface area contributed by atoms with Crippen LogP contribution >= 0.6 is 15.9 Å². The number of carbonyl (C=O) groups is 2. The van der Waals surface area contributed by atoms with Gasteiger partial charge in [0.1, 0.15) is 6.54 Å². The van der Waals surface area contributed by atoms with Crippen molar-refractivity contribution in [2.45, 2.75) is 32.0 Å². The van der Waals surface area contributed by atoms with Gasteiger partial charge in [0.15, 0.2) is 0 Å². The van der Waals surface area contributed by atoms with Crippen LogP contribution in [0.1, 0.15) is 18.4 Å². The van der Waals surface area contributed by atoms with Crippen LogP contribution in [0.4, 0.5) is 10.5 Å². The summed E-state index contributed by atoms with van der Waals surface area (Å²) in [5.74, 6) is -0.196. The summed E-state index contributed by atoms with van der Waals surface area (Å²) in [4.78, 5) is 54.0. The average molecular weight is 462 g/mol. The number of likely N-dealkylation sites (tertiary alicyclic amines) is 1. The molecule has 0 saturated carbocycles. The summed E-state index contributed by atoms with van der Waals surface area (Å²) in [5.41, 5.74) is 0.776. The molecule has 0 unspecified atom stereocenters. The van der Waals surface area contributed by atoms with E-state index in [1.54, 1.807) is 4.90 Å². The van der Waals surface area contributed by atoms with E-state index in [1.807, 2.05) is 29.2 Å². The van der Waals surface area contributed by atoms with Gasteiger partial charge in [0, 0.05) is 37.6 Å². The number of urea groups is 1. The number of para-hydroxylation sites is 1. The van der Waals surface area contributed by atoms with Crippen molar-refractivity contribution >= 4 is 33.6 Å². The van der Waals surface area contributed by atoms with Crippen LogP contribution in [0.15, 0.2) is 44.5 Å². The number of benzene rings is 1. The lowest BCUT2D eigenvalue weighted by atomic mass is 10.0. The third-order valence-electron chi connectivity index (χ3n) is 5.39. The second kappa shape index (κ2) is 7.86. The van der Waals surface area contributed by atoms with Crippen LogP contribution in [0, 0.1) is 0 Å². The van der Waals surface area contributed by atoms with Crippen LogP contribution < -0.4 is 16.6 Å². The number of aromatic amines is 1. The molecule has 0 radical (unpaired) electrons. The highest BCUT2D eigenvalue weighted by Crippen LogP contribution is 2.27. The largest absolute Gasteiger partial charge is 0.341 e. The van der Waals surface area contributed by atoms with Gasteiger partial charge in [0.2, 0.25) is 5.91 Å². The Hall–Kier alpha value is -2.88. The summed E-state index contributed by atoms with van der Waals surface area (Å²) < 4.78 is 1.37. The van der Waals surface area contributed by atoms with E-state index in [1.165, 1.54) is 10.8 Å². The molecule has 152 valence electrons. The van der Waals surface area contributed by atoms with Gasteiger partial charge < -0.3 is 15.1 Å². The molecule has 2 aliphatic rings. The molecule has 9 nitrogen and oxygen atoms in total. The topological polar surface area (TPSA) is 108 Å². The maximum Gasteiger partial charge on any atom is 0.328 e. The van der Waals surface area contributed by atoms with Gasteiger partial charge in [-0.2, -0.15) is 0 Å². The lowest BCUT2D eigenvalue weighted by Crippen LogP contribution is -2.51. The third-order valence-corrected chi connectivity index (χ3v) is 5.96. The molecular weight excluding hydrogens is 442 g/mol. The molecular formula is C19H20BrN5O4. The normalized spacial score (nSPS) is 17.1. The minimum atomic E-state index is -0.620. The highest BCUT2D eigenvalue weighted by Gasteiger charge is 2.32. The number of aromatic nitrogens is 2. The third kappa shape index (κ3) is 3.98. The standard InChI is InChI=1S/C19H20BrN5O4/c20-14-10-24(18(28)22-17(14)27)11-16(26)23-7-5-13(6-8-23)25-9-12-3-1-2-4-15(12)21-19(25)29/h1-4,10,13H,5-9,11H2,(H,21,29)(H,22,27,28). The molecule has 4 rings (SSSR count). The zero-order valence-corrected chi connectivity index (χ0v) is 17.1. The fourth-order valence-corrected chi connectivity index (χ4v) is 4.14. The number of carbonyl (C=O) groups excluding carboxylic acids is 2. The maximum absolute atomic E-state index is 12.6. The Morgan fingerprint density at radius 2 is 1.86 bits per heavy atom. The molecule has 3 heterocycles. The van der Waals surface area contributed by atoms with Gasteiger partial charge in [-0.3, -0.25) is 19.1 Å². The Kier molecular flexibility index (Phi) is 5.27. The number of halogens is 1. The number of hydrogen-bond donors (Lipinski definition) is 2. The lowest BCUT2D eigenvalue weighted by Gasteiger charge is -2.40. The Bertz CT molecular complexity index is 1070. The fourth-order valence-electron chi connectivity index (χ4n) is 3.79. The number of rotatable bonds is 3. The van der Waals surface area contributed by atoms with Crippen molar-refractivity contribution in [2.24, 2.45) is 0 Å². The quantitative estimate of drug-likeness (QED) is 0.718. The predicted molar refractivity (Wildman–Crippen MR) is 110 cm³/mol. The summed E-state index contributed by atoms with van der Waals surface area (Å²) in [5, 5.41) is 2.92. The summed E-state index contributed by atoms with van der Waals surface area (Å²) in [6, 6.07) is 7.68. The number of anilines is 1. The molecule has 29 heavy (non-hydrogen) atoms. The molecule has 2 N–H and O–H groups in total. The molecule has 1 aromatic heterocycles. The minimum Gasteiger partial charge on any atom is -0.341 e. The van der Waals surface area contributed by atoms with Crippen LogP contribution in [0.25, 0.3) is 0 Å². The molecule has 1 saturated heterocycles. The number of piperidine rings is 1. The number of H-pyrrole nitrogens is 1. The highest BCUT2D eigenvalue weighted by molar-refractivity contribution is 9.10. The van der Waals surface area contributed by atoms with E-state index in [9.17, 15) is 19.2 Å². The molecule has 0 atom stereocenters. The van der Waals surface area contributed by atoms with E-state index >= 15 is 0 Å². The van der Waals surface area contributed by atoms with Gasteiger partial charge in [-0.15, -0.1) is 0 Å². The molecule has 0 spiro atoms. The van der Waals surface area contributed by atoms with E-state index < -0.39 is 11.2 Å². The summed E-state index contributed by atoms with van der Waals surface area (Å²) in [6.45, 7) is 1.43. The molecule has 0 bridgehead atoms. The predicted octanol–water partition coefficient (Wildman–Crippen LogP) is 1.34. The van der Waals surface area contributed by atoms with Gasteiger partial charge in [0.25, 0.3) is 5.56 Å². The molecule has 10 heteroatoms. The van der Waals surface area contributed by atoms with Gasteiger partial charge in [0.05, 0.1) is 4.47 Å². The monoisotopic (exact) mass is 461 g/mol. The highest BCUT2D eigenvalue weighted by atomic mass is 79.9. The van der Waals surface area contributed by atoms with Gasteiger partial charge in [-0.1, -0.05) is 18.2 Å². The number of nitrogens with zero attached hydrogens (tertiary/aromatic N) is 3. The fraction of sp³-hybridized carbons (Fsp3) is 0.368. The second-order valence-corrected chi connectivity index (χ2v) is 8.05. The van der Waals surface area contributed by atoms with E-state index in [0.717, 1.165) is 11.3 Å². The molecule has 0 aliphatic carbocycles. The van der Waals surface area contributed by atoms with Crippen molar-refractivity contribution in [1.29, 1.82) is 0 Å². The number of nitrogens with one attached hydrogen (secondary N) is 2. The summed E-state index contributed by atoms with van der Waals surface area (Å²) in [6.07, 6.45) is 2.67. The molecule has 2 aliphatic heterocycles. The Morgan fingerprint density at radius 1 is 1.14 bits per heavy atom. The van der Waals surface area contributed by atoms with E-state index in [-0.39, 0.29) is 29.0 Å². The zero-order valence-electron chi connectivity index (χ0n) is 15.6. The van der Waals surface area contributed by atoms with E-state index in [2.05, 4.69) is 26.2 Å². The number of hydrogen-bond acceptors (Lipinski definition) is 4. The SMILES string of the molecule is O=C(Cn1cc(Br)c(=O)[nH]c1=O)N1CCC(N2Cc3ccccc3NC2=O)CC1. The maximum atomic E-state index is 12.6. The second-order valence-electron chi connectivity index (χ2n) is 7.19. The van der Waals surface area contributed by atoms with Crippen LogP contribution in [0.2, 0.25) is 0 Å². The van der Waals surface area contributed by atoms with E-state index in [4.69, 9.17) is 0 Å². The van der Waals surface area contributed by atoms with Gasteiger partial charge in [-0.25, -0.2) is 9.59 Å². The van der Waals surface area contributed by atoms with Crippen molar-refractivity contribution < 1.29 is 9.59 Å². The first-order valence-electron chi connectivity index (χ1n) is 9.35. The van der Waals surface area contributed by atoms with E-state index in [0.29, 0.717) is 32.5 Å². The smallest absolute Gasteiger partial charge is 0.328 e. The van der Waals surface area contributed by atoms with Crippen LogP contribution in [-0.4, -0.2) is 50.4 Å². The first-order valence-corrected chi connectivity index (χ1v) is 10.1. The van der Waals surface area contributed by atoms with Crippen LogP contribution in [0.5, 0.6) is 0 Å². The number of fused-ring (bicyclic) bond motifs is 1. The van der Waals surface area contributed by atoms with Crippen molar-refractivity contribution in [3.63, 3.8) is 0 Å². The van der Waals surface area contributed by atoms with Crippen LogP contribution in [0.3, 0.4) is 0 Å². The first-order chi connectivity index (χ1) is 13.9. The van der Waals surface area contributed by atoms with Gasteiger partial charge in [-0.05, 0) is 40.4 Å². The number of amides is 3. The Labute approximate surface area is 174 Å². The molecule has 2 aromatic rings. The molecule has 1 fully saturated rings. The van der Waals surface area contributed by atoms with Crippen LogP contribution in [-0.2, 0) is 17.9 Å². The van der Waals surface area contributed by atoms with Crippen molar-refractivity contribution in [3.05, 3.63) is 61.3 Å². The summed E-state index contributed by atoms with van der Waals surface area (Å²) >= 11 is 3.06. The summed E-state index contributed by atoms with van der Waals surface area (Å²) in [7, 11) is 0. The minimum absolute atomic E-state index is 0.0531. The molecule has 3 amide bonds. The first kappa shape index (κ1) is 19.4. The van der Waals surface area contributed by atoms with Crippen molar-refractivity contribution in [3.8, 4) is 0 Å². The lowest BCUT2D eigenvalue weighted by molar-refractivity contribution is -0.133. The average Bonchev–Trinajstić information content (AvgIpc) is 2.71. The Morgan fingerprint density at radius 3 is 2.62 bits per heavy atom. The zero-order chi connectivity index (χ0) is 20.5. The van der Waals surface area contributed by atoms with Crippen molar-refractivity contribution in [2.75, 3.05) is 18.4 Å². The van der Waals surface area contributed by atoms with Gasteiger partial charge >= 0.3 is 11.7 Å².